The molecule has 25 heavy (non-hydrogen) atoms. The molecule has 6 heteroatoms. The number of aromatic nitrogens is 2. The Labute approximate surface area is 150 Å². The van der Waals surface area contributed by atoms with Crippen LogP contribution in [0.2, 0.25) is 0 Å². The molecular formula is C19H19N3O2S. The zero-order chi connectivity index (χ0) is 17.6. The van der Waals surface area contributed by atoms with Crippen LogP contribution < -0.4 is 10.1 Å². The largest absolute Gasteiger partial charge is 0.491 e. The van der Waals surface area contributed by atoms with Crippen LogP contribution in [0.3, 0.4) is 0 Å². The van der Waals surface area contributed by atoms with Gasteiger partial charge in [-0.15, -0.1) is 11.3 Å². The molecule has 1 aromatic carbocycles. The van der Waals surface area contributed by atoms with Crippen LogP contribution in [-0.2, 0) is 6.54 Å². The molecule has 0 aliphatic heterocycles. The summed E-state index contributed by atoms with van der Waals surface area (Å²) < 4.78 is 5.61. The molecule has 2 heterocycles. The van der Waals surface area contributed by atoms with Crippen LogP contribution in [0.1, 0.15) is 29.9 Å². The number of amides is 1. The van der Waals surface area contributed by atoms with Crippen molar-refractivity contribution in [2.24, 2.45) is 0 Å². The number of carbonyl (C=O) groups is 1. The van der Waals surface area contributed by atoms with Gasteiger partial charge in [0.2, 0.25) is 0 Å². The monoisotopic (exact) mass is 353 g/mol. The third-order valence-corrected chi connectivity index (χ3v) is 4.30. The summed E-state index contributed by atoms with van der Waals surface area (Å²) in [6.07, 6.45) is 3.57. The van der Waals surface area contributed by atoms with E-state index in [2.05, 4.69) is 15.3 Å². The molecule has 0 bridgehead atoms. The third kappa shape index (κ3) is 4.64. The molecule has 0 radical (unpaired) electrons. The average Bonchev–Trinajstić information content (AvgIpc) is 3.11. The summed E-state index contributed by atoms with van der Waals surface area (Å²) >= 11 is 1.44. The second-order valence-electron chi connectivity index (χ2n) is 5.77. The van der Waals surface area contributed by atoms with Crippen LogP contribution in [0, 0.1) is 0 Å². The topological polar surface area (TPSA) is 64.1 Å². The van der Waals surface area contributed by atoms with Crippen LogP contribution in [-0.4, -0.2) is 22.0 Å². The van der Waals surface area contributed by atoms with E-state index in [0.29, 0.717) is 12.2 Å². The number of ether oxygens (including phenoxy) is 1. The summed E-state index contributed by atoms with van der Waals surface area (Å²) in [4.78, 5) is 20.7. The zero-order valence-electron chi connectivity index (χ0n) is 14.1. The van der Waals surface area contributed by atoms with Crippen molar-refractivity contribution in [2.45, 2.75) is 26.5 Å². The van der Waals surface area contributed by atoms with Crippen molar-refractivity contribution in [3.8, 4) is 16.3 Å². The first kappa shape index (κ1) is 17.1. The Balaban J connectivity index is 1.59. The van der Waals surface area contributed by atoms with Crippen LogP contribution >= 0.6 is 11.3 Å². The zero-order valence-corrected chi connectivity index (χ0v) is 14.9. The molecule has 0 saturated carbocycles. The van der Waals surface area contributed by atoms with Crippen molar-refractivity contribution in [2.75, 3.05) is 0 Å². The van der Waals surface area contributed by atoms with Gasteiger partial charge in [0.15, 0.2) is 0 Å². The first-order chi connectivity index (χ1) is 12.1. The van der Waals surface area contributed by atoms with Crippen molar-refractivity contribution in [3.63, 3.8) is 0 Å². The highest BCUT2D eigenvalue weighted by molar-refractivity contribution is 7.13. The van der Waals surface area contributed by atoms with Crippen LogP contribution in [0.5, 0.6) is 5.75 Å². The summed E-state index contributed by atoms with van der Waals surface area (Å²) in [6, 6.07) is 11.5. The summed E-state index contributed by atoms with van der Waals surface area (Å²) in [5.74, 6) is 0.644. The standard InChI is InChI=1S/C19H19N3O2S/c1-13(2)24-16-5-3-14(4-6-16)11-21-18(23)17-12-25-19(22-17)15-7-9-20-10-8-15/h3-10,12-13H,11H2,1-2H3,(H,21,23). The number of nitrogens with zero attached hydrogens (tertiary/aromatic N) is 2. The van der Waals surface area contributed by atoms with Crippen molar-refractivity contribution < 1.29 is 9.53 Å². The fourth-order valence-electron chi connectivity index (χ4n) is 2.24. The Kier molecular flexibility index (Phi) is 5.40. The summed E-state index contributed by atoms with van der Waals surface area (Å²) in [6.45, 7) is 4.42. The summed E-state index contributed by atoms with van der Waals surface area (Å²) in [5, 5.41) is 5.47. The number of pyridine rings is 1. The molecule has 2 aromatic heterocycles. The van der Waals surface area contributed by atoms with E-state index in [1.807, 2.05) is 50.2 Å². The van der Waals surface area contributed by atoms with Crippen molar-refractivity contribution in [1.82, 2.24) is 15.3 Å². The van der Waals surface area contributed by atoms with Crippen molar-refractivity contribution in [3.05, 3.63) is 65.4 Å². The van der Waals surface area contributed by atoms with Crippen LogP contribution in [0.4, 0.5) is 0 Å². The highest BCUT2D eigenvalue weighted by atomic mass is 32.1. The van der Waals surface area contributed by atoms with E-state index in [9.17, 15) is 4.79 Å². The van der Waals surface area contributed by atoms with Crippen LogP contribution in [0.15, 0.2) is 54.2 Å². The van der Waals surface area contributed by atoms with Crippen molar-refractivity contribution >= 4 is 17.2 Å². The first-order valence-corrected chi connectivity index (χ1v) is 8.89. The lowest BCUT2D eigenvalue weighted by atomic mass is 10.2. The number of rotatable bonds is 6. The molecule has 0 unspecified atom stereocenters. The van der Waals surface area contributed by atoms with E-state index in [1.165, 1.54) is 11.3 Å². The van der Waals surface area contributed by atoms with Gasteiger partial charge in [0, 0.05) is 29.9 Å². The molecule has 0 atom stereocenters. The lowest BCUT2D eigenvalue weighted by molar-refractivity contribution is 0.0946. The minimum absolute atomic E-state index is 0.143. The quantitative estimate of drug-likeness (QED) is 0.729. The summed E-state index contributed by atoms with van der Waals surface area (Å²) in [7, 11) is 0. The number of benzene rings is 1. The average molecular weight is 353 g/mol. The Morgan fingerprint density at radius 2 is 1.88 bits per heavy atom. The highest BCUT2D eigenvalue weighted by Gasteiger charge is 2.11. The Morgan fingerprint density at radius 3 is 2.56 bits per heavy atom. The number of nitrogens with one attached hydrogen (secondary N) is 1. The molecular weight excluding hydrogens is 334 g/mol. The van der Waals surface area contributed by atoms with Crippen LogP contribution in [0.25, 0.3) is 10.6 Å². The SMILES string of the molecule is CC(C)Oc1ccc(CNC(=O)c2csc(-c3ccncc3)n2)cc1. The third-order valence-electron chi connectivity index (χ3n) is 3.41. The molecule has 0 aliphatic rings. The van der Waals surface area contributed by atoms with Gasteiger partial charge in [-0.05, 0) is 43.7 Å². The van der Waals surface area contributed by atoms with Gasteiger partial charge in [-0.25, -0.2) is 4.98 Å². The number of carbonyl (C=O) groups excluding carboxylic acids is 1. The second kappa shape index (κ2) is 7.90. The van der Waals surface area contributed by atoms with Gasteiger partial charge in [0.05, 0.1) is 6.10 Å². The minimum Gasteiger partial charge on any atom is -0.491 e. The number of thiazole rings is 1. The predicted molar refractivity (Wildman–Crippen MR) is 98.7 cm³/mol. The summed E-state index contributed by atoms with van der Waals surface area (Å²) in [5.41, 5.74) is 2.39. The molecule has 5 nitrogen and oxygen atoms in total. The van der Waals surface area contributed by atoms with Gasteiger partial charge in [-0.3, -0.25) is 9.78 Å². The van der Waals surface area contributed by atoms with E-state index >= 15 is 0 Å². The van der Waals surface area contributed by atoms with E-state index in [1.54, 1.807) is 17.8 Å². The van der Waals surface area contributed by atoms with Crippen molar-refractivity contribution in [1.29, 1.82) is 0 Å². The molecule has 3 aromatic rings. The smallest absolute Gasteiger partial charge is 0.271 e. The van der Waals surface area contributed by atoms with Gasteiger partial charge in [-0.1, -0.05) is 12.1 Å². The van der Waals surface area contributed by atoms with E-state index < -0.39 is 0 Å². The van der Waals surface area contributed by atoms with Gasteiger partial charge >= 0.3 is 0 Å². The van der Waals surface area contributed by atoms with Gasteiger partial charge in [-0.2, -0.15) is 0 Å². The number of hydrogen-bond acceptors (Lipinski definition) is 5. The van der Waals surface area contributed by atoms with E-state index in [-0.39, 0.29) is 12.0 Å². The fraction of sp³-hybridized carbons (Fsp3) is 0.211. The minimum atomic E-state index is -0.181. The maximum Gasteiger partial charge on any atom is 0.271 e. The molecule has 1 amide bonds. The lowest BCUT2D eigenvalue weighted by Gasteiger charge is -2.10. The second-order valence-corrected chi connectivity index (χ2v) is 6.63. The molecule has 0 aliphatic carbocycles. The predicted octanol–water partition coefficient (Wildman–Crippen LogP) is 3.92. The number of hydrogen-bond donors (Lipinski definition) is 1. The molecule has 128 valence electrons. The van der Waals surface area contributed by atoms with E-state index in [4.69, 9.17) is 4.74 Å². The normalized spacial score (nSPS) is 10.7. The van der Waals surface area contributed by atoms with Gasteiger partial charge in [0.25, 0.3) is 5.91 Å². The Bertz CT molecular complexity index is 829. The Morgan fingerprint density at radius 1 is 1.16 bits per heavy atom. The maximum absolute atomic E-state index is 12.3. The van der Waals surface area contributed by atoms with Gasteiger partial charge < -0.3 is 10.1 Å². The van der Waals surface area contributed by atoms with Gasteiger partial charge in [0.1, 0.15) is 16.5 Å². The Hall–Kier alpha value is -2.73. The maximum atomic E-state index is 12.3. The lowest BCUT2D eigenvalue weighted by Crippen LogP contribution is -2.23. The molecule has 1 N–H and O–H groups in total. The van der Waals surface area contributed by atoms with E-state index in [0.717, 1.165) is 21.9 Å². The molecule has 0 saturated heterocycles. The molecule has 0 spiro atoms. The molecule has 0 fully saturated rings. The fourth-order valence-corrected chi connectivity index (χ4v) is 3.04. The first-order valence-electron chi connectivity index (χ1n) is 8.01. The highest BCUT2D eigenvalue weighted by Crippen LogP contribution is 2.22. The molecule has 3 rings (SSSR count).